The van der Waals surface area contributed by atoms with Gasteiger partial charge in [-0.2, -0.15) is 0 Å². The Kier molecular flexibility index (Phi) is 3.67. The largest absolute Gasteiger partial charge is 0.389 e. The van der Waals surface area contributed by atoms with E-state index in [1.165, 1.54) is 12.1 Å². The number of fused-ring (bicyclic) bond motifs is 1. The second kappa shape index (κ2) is 5.35. The van der Waals surface area contributed by atoms with Crippen molar-refractivity contribution in [1.29, 1.82) is 0 Å². The normalized spacial score (nSPS) is 13.4. The van der Waals surface area contributed by atoms with Crippen molar-refractivity contribution in [3.63, 3.8) is 0 Å². The molecule has 0 saturated carbocycles. The minimum atomic E-state index is -0.447. The summed E-state index contributed by atoms with van der Waals surface area (Å²) < 4.78 is 28.2. The fourth-order valence-corrected chi connectivity index (χ4v) is 3.39. The SMILES string of the molecule is NC(=S)c1ccc(N2CCc3ccc(F)cc32)c(F)c1Br. The van der Waals surface area contributed by atoms with Crippen LogP contribution < -0.4 is 10.6 Å². The smallest absolute Gasteiger partial charge is 0.161 e. The summed E-state index contributed by atoms with van der Waals surface area (Å²) in [6.45, 7) is 0.606. The zero-order chi connectivity index (χ0) is 15.1. The maximum absolute atomic E-state index is 14.6. The molecule has 0 spiro atoms. The highest BCUT2D eigenvalue weighted by atomic mass is 79.9. The number of benzene rings is 2. The summed E-state index contributed by atoms with van der Waals surface area (Å²) in [7, 11) is 0. The standard InChI is InChI=1S/C15H11BrF2N2S/c16-13-10(15(19)21)3-4-11(14(13)18)20-6-5-8-1-2-9(17)7-12(8)20/h1-4,7H,5-6H2,(H2,19,21). The van der Waals surface area contributed by atoms with Crippen molar-refractivity contribution in [2.24, 2.45) is 5.73 Å². The molecule has 0 atom stereocenters. The Morgan fingerprint density at radius 1 is 1.19 bits per heavy atom. The monoisotopic (exact) mass is 368 g/mol. The van der Waals surface area contributed by atoms with Crippen molar-refractivity contribution in [2.45, 2.75) is 6.42 Å². The first-order chi connectivity index (χ1) is 9.99. The highest BCUT2D eigenvalue weighted by molar-refractivity contribution is 9.10. The Labute approximate surface area is 134 Å². The lowest BCUT2D eigenvalue weighted by molar-refractivity contribution is 0.617. The van der Waals surface area contributed by atoms with Crippen molar-refractivity contribution in [3.05, 3.63) is 57.6 Å². The van der Waals surface area contributed by atoms with Crippen LogP contribution in [0.15, 0.2) is 34.8 Å². The molecule has 0 saturated heterocycles. The lowest BCUT2D eigenvalue weighted by Crippen LogP contribution is -2.17. The average molecular weight is 369 g/mol. The molecule has 21 heavy (non-hydrogen) atoms. The van der Waals surface area contributed by atoms with Gasteiger partial charge in [-0.05, 0) is 52.2 Å². The van der Waals surface area contributed by atoms with E-state index in [2.05, 4.69) is 15.9 Å². The molecule has 1 aliphatic rings. The summed E-state index contributed by atoms with van der Waals surface area (Å²) in [6.07, 6.45) is 0.754. The lowest BCUT2D eigenvalue weighted by Gasteiger charge is -2.21. The third-order valence-corrected chi connectivity index (χ3v) is 4.56. The molecular weight excluding hydrogens is 358 g/mol. The van der Waals surface area contributed by atoms with Crippen molar-refractivity contribution in [3.8, 4) is 0 Å². The van der Waals surface area contributed by atoms with Crippen molar-refractivity contribution >= 4 is 44.5 Å². The van der Waals surface area contributed by atoms with E-state index >= 15 is 0 Å². The molecule has 0 fully saturated rings. The van der Waals surface area contributed by atoms with E-state index in [9.17, 15) is 8.78 Å². The number of nitrogens with two attached hydrogens (primary N) is 1. The number of hydrogen-bond acceptors (Lipinski definition) is 2. The Morgan fingerprint density at radius 3 is 2.67 bits per heavy atom. The van der Waals surface area contributed by atoms with Gasteiger partial charge < -0.3 is 10.6 Å². The molecule has 2 aromatic rings. The summed E-state index contributed by atoms with van der Waals surface area (Å²) in [6, 6.07) is 7.87. The van der Waals surface area contributed by atoms with Crippen LogP contribution in [0.2, 0.25) is 0 Å². The minimum Gasteiger partial charge on any atom is -0.389 e. The molecule has 1 aliphatic heterocycles. The number of hydrogen-bond donors (Lipinski definition) is 1. The highest BCUT2D eigenvalue weighted by Gasteiger charge is 2.25. The average Bonchev–Trinajstić information content (AvgIpc) is 2.84. The van der Waals surface area contributed by atoms with Gasteiger partial charge in [0.1, 0.15) is 10.8 Å². The molecule has 0 aromatic heterocycles. The molecule has 3 rings (SSSR count). The van der Waals surface area contributed by atoms with Crippen LogP contribution in [0.25, 0.3) is 0 Å². The Morgan fingerprint density at radius 2 is 1.95 bits per heavy atom. The maximum Gasteiger partial charge on any atom is 0.161 e. The Balaban J connectivity index is 2.10. The van der Waals surface area contributed by atoms with Crippen molar-refractivity contribution in [2.75, 3.05) is 11.4 Å². The van der Waals surface area contributed by atoms with Gasteiger partial charge >= 0.3 is 0 Å². The van der Waals surface area contributed by atoms with Gasteiger partial charge in [-0.25, -0.2) is 8.78 Å². The molecular formula is C15H11BrF2N2S. The number of nitrogens with zero attached hydrogens (tertiary/aromatic N) is 1. The van der Waals surface area contributed by atoms with Crippen LogP contribution in [0.3, 0.4) is 0 Å². The number of anilines is 2. The number of rotatable bonds is 2. The van der Waals surface area contributed by atoms with Crippen LogP contribution in [0, 0.1) is 11.6 Å². The van der Waals surface area contributed by atoms with E-state index in [1.807, 2.05) is 0 Å². The molecule has 6 heteroatoms. The van der Waals surface area contributed by atoms with Gasteiger partial charge in [-0.3, -0.25) is 0 Å². The molecule has 2 nitrogen and oxygen atoms in total. The van der Waals surface area contributed by atoms with Crippen molar-refractivity contribution in [1.82, 2.24) is 0 Å². The van der Waals surface area contributed by atoms with Crippen LogP contribution in [0.4, 0.5) is 20.2 Å². The van der Waals surface area contributed by atoms with Gasteiger partial charge in [0.15, 0.2) is 5.82 Å². The van der Waals surface area contributed by atoms with Gasteiger partial charge in [0.05, 0.1) is 10.2 Å². The Hall–Kier alpha value is -1.53. The third-order valence-electron chi connectivity index (χ3n) is 3.56. The molecule has 2 aromatic carbocycles. The van der Waals surface area contributed by atoms with Gasteiger partial charge in [-0.15, -0.1) is 0 Å². The van der Waals surface area contributed by atoms with Gasteiger partial charge in [0.25, 0.3) is 0 Å². The topological polar surface area (TPSA) is 29.3 Å². The predicted octanol–water partition coefficient (Wildman–Crippen LogP) is 4.06. The van der Waals surface area contributed by atoms with E-state index in [4.69, 9.17) is 18.0 Å². The van der Waals surface area contributed by atoms with Crippen LogP contribution in [0.1, 0.15) is 11.1 Å². The van der Waals surface area contributed by atoms with E-state index in [0.29, 0.717) is 23.5 Å². The lowest BCUT2D eigenvalue weighted by atomic mass is 10.1. The van der Waals surface area contributed by atoms with Gasteiger partial charge in [0.2, 0.25) is 0 Å². The zero-order valence-corrected chi connectivity index (χ0v) is 13.3. The molecule has 1 heterocycles. The van der Waals surface area contributed by atoms with E-state index in [0.717, 1.165) is 12.0 Å². The first-order valence-corrected chi connectivity index (χ1v) is 7.53. The predicted molar refractivity (Wildman–Crippen MR) is 87.1 cm³/mol. The van der Waals surface area contributed by atoms with E-state index in [1.54, 1.807) is 23.1 Å². The molecule has 108 valence electrons. The second-order valence-corrected chi connectivity index (χ2v) is 6.03. The summed E-state index contributed by atoms with van der Waals surface area (Å²) in [5.74, 6) is -0.780. The summed E-state index contributed by atoms with van der Waals surface area (Å²) in [5, 5.41) is 0. The van der Waals surface area contributed by atoms with E-state index < -0.39 is 5.82 Å². The summed E-state index contributed by atoms with van der Waals surface area (Å²) in [4.78, 5) is 1.89. The van der Waals surface area contributed by atoms with Crippen LogP contribution in [-0.4, -0.2) is 11.5 Å². The first-order valence-electron chi connectivity index (χ1n) is 6.33. The molecule has 0 aliphatic carbocycles. The molecule has 0 unspecified atom stereocenters. The summed E-state index contributed by atoms with van der Waals surface area (Å²) >= 11 is 8.08. The fourth-order valence-electron chi connectivity index (χ4n) is 2.54. The molecule has 0 radical (unpaired) electrons. The molecule has 0 bridgehead atoms. The van der Waals surface area contributed by atoms with Gasteiger partial charge in [-0.1, -0.05) is 18.3 Å². The van der Waals surface area contributed by atoms with Gasteiger partial charge in [0, 0.05) is 17.8 Å². The van der Waals surface area contributed by atoms with E-state index in [-0.39, 0.29) is 15.3 Å². The number of thiocarbonyl (C=S) groups is 1. The van der Waals surface area contributed by atoms with Crippen LogP contribution in [-0.2, 0) is 6.42 Å². The first kappa shape index (κ1) is 14.4. The highest BCUT2D eigenvalue weighted by Crippen LogP contribution is 2.38. The molecule has 2 N–H and O–H groups in total. The third kappa shape index (κ3) is 2.42. The minimum absolute atomic E-state index is 0.125. The summed E-state index contributed by atoms with van der Waals surface area (Å²) in [5.41, 5.74) is 8.09. The van der Waals surface area contributed by atoms with Crippen molar-refractivity contribution < 1.29 is 8.78 Å². The second-order valence-electron chi connectivity index (χ2n) is 4.80. The quantitative estimate of drug-likeness (QED) is 0.810. The fraction of sp³-hybridized carbons (Fsp3) is 0.133. The maximum atomic E-state index is 14.6. The molecule has 0 amide bonds. The van der Waals surface area contributed by atoms with Crippen LogP contribution >= 0.6 is 28.1 Å². The Bertz CT molecular complexity index is 749. The van der Waals surface area contributed by atoms with Crippen LogP contribution in [0.5, 0.6) is 0 Å². The number of halogens is 3. The zero-order valence-electron chi connectivity index (χ0n) is 10.9.